The van der Waals surface area contributed by atoms with Crippen LogP contribution in [0, 0.1) is 13.8 Å². The van der Waals surface area contributed by atoms with Crippen LogP contribution in [0.25, 0.3) is 22.2 Å². The minimum absolute atomic E-state index is 0.267. The monoisotopic (exact) mass is 350 g/mol. The first kappa shape index (κ1) is 15.9. The van der Waals surface area contributed by atoms with E-state index in [1.807, 2.05) is 30.5 Å². The van der Waals surface area contributed by atoms with Crippen molar-refractivity contribution in [2.45, 2.75) is 13.8 Å². The van der Waals surface area contributed by atoms with Crippen molar-refractivity contribution < 1.29 is 9.53 Å². The van der Waals surface area contributed by atoms with E-state index in [-0.39, 0.29) is 11.4 Å². The first-order valence-corrected chi connectivity index (χ1v) is 8.02. The average Bonchev–Trinajstić information content (AvgIpc) is 3.17. The van der Waals surface area contributed by atoms with Gasteiger partial charge in [-0.25, -0.2) is 9.50 Å². The standard InChI is InChI=1S/C18H18N6O2/c1-9-4-5-12(26-3)10(2)14(9)24-15-11(13(16(24)19)17(20)25)6-7-23-18(15)21-8-22-23/h4-8H,19H2,1-3H3,(H2,20,25). The summed E-state index contributed by atoms with van der Waals surface area (Å²) in [6.07, 6.45) is 3.18. The van der Waals surface area contributed by atoms with Gasteiger partial charge in [-0.3, -0.25) is 9.36 Å². The predicted molar refractivity (Wildman–Crippen MR) is 98.8 cm³/mol. The fourth-order valence-corrected chi connectivity index (χ4v) is 3.54. The molecule has 0 aliphatic rings. The number of amides is 1. The molecule has 0 atom stereocenters. The Morgan fingerprint density at radius 1 is 1.23 bits per heavy atom. The molecular formula is C18H18N6O2. The van der Waals surface area contributed by atoms with Gasteiger partial charge in [0.15, 0.2) is 5.65 Å². The lowest BCUT2D eigenvalue weighted by molar-refractivity contribution is 0.100. The van der Waals surface area contributed by atoms with E-state index < -0.39 is 5.91 Å². The number of aryl methyl sites for hydroxylation is 1. The van der Waals surface area contributed by atoms with Crippen LogP contribution in [0.15, 0.2) is 30.7 Å². The molecule has 8 heteroatoms. The third kappa shape index (κ3) is 1.98. The second-order valence-corrected chi connectivity index (χ2v) is 6.12. The molecule has 4 rings (SSSR count). The number of anilines is 1. The van der Waals surface area contributed by atoms with Crippen LogP contribution in [0.5, 0.6) is 5.75 Å². The van der Waals surface area contributed by atoms with Crippen LogP contribution in [-0.4, -0.2) is 32.2 Å². The van der Waals surface area contributed by atoms with Crippen LogP contribution in [0.2, 0.25) is 0 Å². The van der Waals surface area contributed by atoms with Gasteiger partial charge in [-0.1, -0.05) is 6.07 Å². The molecule has 0 fully saturated rings. The third-order valence-corrected chi connectivity index (χ3v) is 4.69. The van der Waals surface area contributed by atoms with Gasteiger partial charge in [0.05, 0.1) is 18.4 Å². The fourth-order valence-electron chi connectivity index (χ4n) is 3.54. The summed E-state index contributed by atoms with van der Waals surface area (Å²) in [5.41, 5.74) is 16.3. The van der Waals surface area contributed by atoms with E-state index in [2.05, 4.69) is 10.1 Å². The minimum Gasteiger partial charge on any atom is -0.496 e. The summed E-state index contributed by atoms with van der Waals surface area (Å²) in [5.74, 6) is 0.400. The Kier molecular flexibility index (Phi) is 3.36. The van der Waals surface area contributed by atoms with Crippen molar-refractivity contribution in [1.29, 1.82) is 0 Å². The molecule has 1 aromatic carbocycles. The maximum absolute atomic E-state index is 12.1. The molecule has 0 radical (unpaired) electrons. The summed E-state index contributed by atoms with van der Waals surface area (Å²) in [6.45, 7) is 3.92. The summed E-state index contributed by atoms with van der Waals surface area (Å²) >= 11 is 0. The van der Waals surface area contributed by atoms with Crippen LogP contribution in [0.3, 0.4) is 0 Å². The highest BCUT2D eigenvalue weighted by Crippen LogP contribution is 2.37. The number of carbonyl (C=O) groups excluding carboxylic acids is 1. The highest BCUT2D eigenvalue weighted by Gasteiger charge is 2.25. The number of nitrogens with two attached hydrogens (primary N) is 2. The van der Waals surface area contributed by atoms with Crippen molar-refractivity contribution >= 4 is 28.3 Å². The Morgan fingerprint density at radius 3 is 2.69 bits per heavy atom. The highest BCUT2D eigenvalue weighted by molar-refractivity contribution is 6.14. The van der Waals surface area contributed by atoms with E-state index in [1.54, 1.807) is 23.9 Å². The molecule has 0 aliphatic heterocycles. The second kappa shape index (κ2) is 5.48. The molecule has 4 N–H and O–H groups in total. The van der Waals surface area contributed by atoms with Gasteiger partial charge in [0.25, 0.3) is 5.91 Å². The molecule has 132 valence electrons. The SMILES string of the molecule is COc1ccc(C)c(-n2c(N)c(C(N)=O)c3ccn4ncnc4c32)c1C. The number of ether oxygens (including phenoxy) is 1. The van der Waals surface area contributed by atoms with Crippen molar-refractivity contribution in [3.05, 3.63) is 47.4 Å². The van der Waals surface area contributed by atoms with Crippen LogP contribution in [0.4, 0.5) is 5.82 Å². The first-order valence-electron chi connectivity index (χ1n) is 8.02. The van der Waals surface area contributed by atoms with Gasteiger partial charge in [0.2, 0.25) is 0 Å². The highest BCUT2D eigenvalue weighted by atomic mass is 16.5. The Hall–Kier alpha value is -3.55. The molecule has 1 amide bonds. The molecule has 0 aliphatic carbocycles. The van der Waals surface area contributed by atoms with E-state index in [0.717, 1.165) is 22.6 Å². The fraction of sp³-hybridized carbons (Fsp3) is 0.167. The average molecular weight is 350 g/mol. The Balaban J connectivity index is 2.26. The van der Waals surface area contributed by atoms with Crippen molar-refractivity contribution in [3.8, 4) is 11.4 Å². The van der Waals surface area contributed by atoms with Crippen LogP contribution >= 0.6 is 0 Å². The predicted octanol–water partition coefficient (Wildman–Crippen LogP) is 1.98. The second-order valence-electron chi connectivity index (χ2n) is 6.12. The van der Waals surface area contributed by atoms with Gasteiger partial charge in [-0.15, -0.1) is 0 Å². The molecule has 3 heterocycles. The summed E-state index contributed by atoms with van der Waals surface area (Å²) in [4.78, 5) is 16.4. The van der Waals surface area contributed by atoms with E-state index in [9.17, 15) is 4.79 Å². The Labute approximate surface area is 149 Å². The molecule has 4 aromatic rings. The van der Waals surface area contributed by atoms with Gasteiger partial charge in [0.1, 0.15) is 23.4 Å². The van der Waals surface area contributed by atoms with Crippen molar-refractivity contribution in [2.24, 2.45) is 5.73 Å². The van der Waals surface area contributed by atoms with Crippen molar-refractivity contribution in [3.63, 3.8) is 0 Å². The molecule has 0 saturated heterocycles. The van der Waals surface area contributed by atoms with Gasteiger partial charge < -0.3 is 16.2 Å². The Bertz CT molecular complexity index is 1190. The number of methoxy groups -OCH3 is 1. The molecular weight excluding hydrogens is 332 g/mol. The number of fused-ring (bicyclic) bond motifs is 3. The number of carbonyl (C=O) groups is 1. The Morgan fingerprint density at radius 2 is 2.00 bits per heavy atom. The summed E-state index contributed by atoms with van der Waals surface area (Å²) < 4.78 is 8.91. The third-order valence-electron chi connectivity index (χ3n) is 4.69. The van der Waals surface area contributed by atoms with Crippen LogP contribution in [-0.2, 0) is 0 Å². The number of nitrogen functional groups attached to an aromatic ring is 1. The normalized spacial score (nSPS) is 11.3. The van der Waals surface area contributed by atoms with E-state index in [0.29, 0.717) is 16.6 Å². The number of benzene rings is 1. The molecule has 0 unspecified atom stereocenters. The number of hydrogen-bond acceptors (Lipinski definition) is 5. The number of rotatable bonds is 3. The van der Waals surface area contributed by atoms with E-state index in [1.165, 1.54) is 6.33 Å². The van der Waals surface area contributed by atoms with Crippen molar-refractivity contribution in [1.82, 2.24) is 19.2 Å². The molecule has 0 saturated carbocycles. The van der Waals surface area contributed by atoms with Crippen LogP contribution in [0.1, 0.15) is 21.5 Å². The smallest absolute Gasteiger partial charge is 0.253 e. The minimum atomic E-state index is -0.590. The lowest BCUT2D eigenvalue weighted by Gasteiger charge is -2.17. The number of primary amides is 1. The molecule has 3 aromatic heterocycles. The van der Waals surface area contributed by atoms with Crippen LogP contribution < -0.4 is 16.2 Å². The number of pyridine rings is 1. The molecule has 0 spiro atoms. The van der Waals surface area contributed by atoms with Gasteiger partial charge >= 0.3 is 0 Å². The number of nitrogens with zero attached hydrogens (tertiary/aromatic N) is 4. The maximum Gasteiger partial charge on any atom is 0.253 e. The quantitative estimate of drug-likeness (QED) is 0.586. The summed E-state index contributed by atoms with van der Waals surface area (Å²) in [6, 6.07) is 5.62. The van der Waals surface area contributed by atoms with Gasteiger partial charge in [0, 0.05) is 17.1 Å². The summed E-state index contributed by atoms with van der Waals surface area (Å²) in [5, 5.41) is 4.81. The zero-order chi connectivity index (χ0) is 18.6. The molecule has 26 heavy (non-hydrogen) atoms. The van der Waals surface area contributed by atoms with E-state index >= 15 is 0 Å². The zero-order valence-electron chi connectivity index (χ0n) is 14.6. The lowest BCUT2D eigenvalue weighted by atomic mass is 10.1. The topological polar surface area (TPSA) is 113 Å². The summed E-state index contributed by atoms with van der Waals surface area (Å²) in [7, 11) is 1.62. The van der Waals surface area contributed by atoms with Crippen molar-refractivity contribution in [2.75, 3.05) is 12.8 Å². The van der Waals surface area contributed by atoms with Gasteiger partial charge in [-0.2, -0.15) is 5.10 Å². The molecule has 0 bridgehead atoms. The van der Waals surface area contributed by atoms with E-state index in [4.69, 9.17) is 16.2 Å². The molecule has 8 nitrogen and oxygen atoms in total. The van der Waals surface area contributed by atoms with Gasteiger partial charge in [-0.05, 0) is 31.5 Å². The maximum atomic E-state index is 12.1. The first-order chi connectivity index (χ1) is 12.5. The number of hydrogen-bond donors (Lipinski definition) is 2. The lowest BCUT2D eigenvalue weighted by Crippen LogP contribution is -2.14. The zero-order valence-corrected chi connectivity index (χ0v) is 14.6. The number of aromatic nitrogens is 4. The largest absolute Gasteiger partial charge is 0.496 e.